The van der Waals surface area contributed by atoms with Gasteiger partial charge < -0.3 is 5.11 Å². The molecule has 0 aliphatic rings. The Hall–Kier alpha value is -1.54. The van der Waals surface area contributed by atoms with Gasteiger partial charge in [-0.2, -0.15) is 4.72 Å². The Morgan fingerprint density at radius 1 is 1.29 bits per heavy atom. The standard InChI is InChI=1S/C9H9F2NO4S/c1-5(9(13)14)12-17(15,16)8-3-6(10)2-7(11)4-8/h2-5,12H,1H3,(H,13,14). The molecular formula is C9H9F2NO4S. The molecule has 0 heterocycles. The molecule has 1 atom stereocenters. The van der Waals surface area contributed by atoms with Gasteiger partial charge >= 0.3 is 5.97 Å². The molecule has 2 N–H and O–H groups in total. The van der Waals surface area contributed by atoms with Gasteiger partial charge in [-0.1, -0.05) is 0 Å². The van der Waals surface area contributed by atoms with Gasteiger partial charge in [-0.05, 0) is 19.1 Å². The number of carboxylic acid groups (broad SMARTS) is 1. The largest absolute Gasteiger partial charge is 0.480 e. The molecule has 0 fully saturated rings. The van der Waals surface area contributed by atoms with E-state index >= 15 is 0 Å². The number of halogens is 2. The van der Waals surface area contributed by atoms with Gasteiger partial charge in [0.15, 0.2) is 0 Å². The molecule has 0 spiro atoms. The SMILES string of the molecule is CC(NS(=O)(=O)c1cc(F)cc(F)c1)C(=O)O. The third-order valence-electron chi connectivity index (χ3n) is 1.85. The average molecular weight is 265 g/mol. The van der Waals surface area contributed by atoms with E-state index in [1.165, 1.54) is 0 Å². The molecule has 0 saturated heterocycles. The molecule has 1 rings (SSSR count). The Morgan fingerprint density at radius 2 is 1.76 bits per heavy atom. The lowest BCUT2D eigenvalue weighted by Crippen LogP contribution is -2.38. The number of carbonyl (C=O) groups is 1. The van der Waals surface area contributed by atoms with Crippen LogP contribution in [0.3, 0.4) is 0 Å². The smallest absolute Gasteiger partial charge is 0.321 e. The molecule has 0 aromatic heterocycles. The zero-order chi connectivity index (χ0) is 13.2. The summed E-state index contributed by atoms with van der Waals surface area (Å²) in [5.41, 5.74) is 0. The van der Waals surface area contributed by atoms with Crippen LogP contribution in [0.4, 0.5) is 8.78 Å². The minimum absolute atomic E-state index is 0.514. The summed E-state index contributed by atoms with van der Waals surface area (Å²) in [7, 11) is -4.26. The van der Waals surface area contributed by atoms with Crippen LogP contribution >= 0.6 is 0 Å². The number of rotatable bonds is 4. The molecule has 94 valence electrons. The van der Waals surface area contributed by atoms with E-state index in [1.54, 1.807) is 4.72 Å². The van der Waals surface area contributed by atoms with Crippen molar-refractivity contribution in [3.8, 4) is 0 Å². The second-order valence-electron chi connectivity index (χ2n) is 3.29. The van der Waals surface area contributed by atoms with Crippen molar-refractivity contribution in [2.24, 2.45) is 0 Å². The normalized spacial score (nSPS) is 13.4. The lowest BCUT2D eigenvalue weighted by molar-refractivity contribution is -0.138. The molecule has 0 radical (unpaired) electrons. The Kier molecular flexibility index (Phi) is 3.79. The zero-order valence-electron chi connectivity index (χ0n) is 8.65. The molecule has 17 heavy (non-hydrogen) atoms. The lowest BCUT2D eigenvalue weighted by atomic mass is 10.3. The molecule has 0 aliphatic carbocycles. The summed E-state index contributed by atoms with van der Waals surface area (Å²) in [4.78, 5) is 9.80. The maximum atomic E-state index is 12.8. The molecule has 5 nitrogen and oxygen atoms in total. The van der Waals surface area contributed by atoms with E-state index < -0.39 is 38.6 Å². The predicted octanol–water partition coefficient (Wildman–Crippen LogP) is 0.716. The second kappa shape index (κ2) is 4.76. The Morgan fingerprint density at radius 3 is 2.18 bits per heavy atom. The zero-order valence-corrected chi connectivity index (χ0v) is 9.46. The van der Waals surface area contributed by atoms with Crippen LogP contribution in [0.25, 0.3) is 0 Å². The first-order valence-corrected chi connectivity index (χ1v) is 5.92. The van der Waals surface area contributed by atoms with Gasteiger partial charge in [0.1, 0.15) is 17.7 Å². The van der Waals surface area contributed by atoms with Gasteiger partial charge in [0.05, 0.1) is 4.90 Å². The third kappa shape index (κ3) is 3.46. The maximum absolute atomic E-state index is 12.8. The number of hydrogen-bond acceptors (Lipinski definition) is 3. The topological polar surface area (TPSA) is 83.5 Å². The van der Waals surface area contributed by atoms with Gasteiger partial charge in [-0.25, -0.2) is 17.2 Å². The summed E-state index contributed by atoms with van der Waals surface area (Å²) in [6.07, 6.45) is 0. The Labute approximate surface area is 96.1 Å². The van der Waals surface area contributed by atoms with Crippen LogP contribution < -0.4 is 4.72 Å². The number of carboxylic acids is 1. The van der Waals surface area contributed by atoms with Crippen LogP contribution in [0.2, 0.25) is 0 Å². The van der Waals surface area contributed by atoms with E-state index in [0.29, 0.717) is 18.2 Å². The summed E-state index contributed by atoms with van der Waals surface area (Å²) in [6, 6.07) is 0.311. The first kappa shape index (κ1) is 13.5. The van der Waals surface area contributed by atoms with E-state index in [4.69, 9.17) is 5.11 Å². The Balaban J connectivity index is 3.09. The fourth-order valence-corrected chi connectivity index (χ4v) is 2.27. The molecule has 8 heteroatoms. The molecule has 1 aromatic rings. The van der Waals surface area contributed by atoms with Crippen LogP contribution in [0, 0.1) is 11.6 Å². The van der Waals surface area contributed by atoms with E-state index in [0.717, 1.165) is 6.92 Å². The van der Waals surface area contributed by atoms with Crippen LogP contribution in [-0.4, -0.2) is 25.5 Å². The number of nitrogens with one attached hydrogen (secondary N) is 1. The van der Waals surface area contributed by atoms with E-state index in [9.17, 15) is 22.0 Å². The van der Waals surface area contributed by atoms with Gasteiger partial charge in [0.25, 0.3) is 0 Å². The molecule has 0 aliphatic heterocycles. The molecular weight excluding hydrogens is 256 g/mol. The highest BCUT2D eigenvalue weighted by molar-refractivity contribution is 7.89. The van der Waals surface area contributed by atoms with E-state index in [2.05, 4.69) is 0 Å². The molecule has 0 amide bonds. The summed E-state index contributed by atoms with van der Waals surface area (Å²) in [6.45, 7) is 1.09. The minimum atomic E-state index is -4.26. The van der Waals surface area contributed by atoms with Crippen molar-refractivity contribution >= 4 is 16.0 Å². The summed E-state index contributed by atoms with van der Waals surface area (Å²) >= 11 is 0. The highest BCUT2D eigenvalue weighted by atomic mass is 32.2. The van der Waals surface area contributed by atoms with Crippen LogP contribution in [0.5, 0.6) is 0 Å². The molecule has 0 bridgehead atoms. The number of aliphatic carboxylic acids is 1. The lowest BCUT2D eigenvalue weighted by Gasteiger charge is -2.10. The summed E-state index contributed by atoms with van der Waals surface area (Å²) in [5, 5.41) is 8.53. The first-order chi connectivity index (χ1) is 7.72. The molecule has 1 unspecified atom stereocenters. The summed E-state index contributed by atoms with van der Waals surface area (Å²) < 4.78 is 50.5. The highest BCUT2D eigenvalue weighted by Gasteiger charge is 2.22. The number of benzene rings is 1. The van der Waals surface area contributed by atoms with E-state index in [-0.39, 0.29) is 0 Å². The fraction of sp³-hybridized carbons (Fsp3) is 0.222. The van der Waals surface area contributed by atoms with Crippen molar-refractivity contribution in [3.63, 3.8) is 0 Å². The molecule has 1 aromatic carbocycles. The first-order valence-electron chi connectivity index (χ1n) is 4.43. The summed E-state index contributed by atoms with van der Waals surface area (Å²) in [5.74, 6) is -3.52. The van der Waals surface area contributed by atoms with Crippen molar-refractivity contribution in [2.75, 3.05) is 0 Å². The second-order valence-corrected chi connectivity index (χ2v) is 5.00. The van der Waals surface area contributed by atoms with Crippen molar-refractivity contribution in [1.82, 2.24) is 4.72 Å². The minimum Gasteiger partial charge on any atom is -0.480 e. The Bertz CT molecular complexity index is 524. The maximum Gasteiger partial charge on any atom is 0.321 e. The van der Waals surface area contributed by atoms with Crippen molar-refractivity contribution in [1.29, 1.82) is 0 Å². The fourth-order valence-electron chi connectivity index (χ4n) is 1.03. The number of sulfonamides is 1. The molecule has 0 saturated carbocycles. The van der Waals surface area contributed by atoms with Gasteiger partial charge in [0, 0.05) is 6.07 Å². The highest BCUT2D eigenvalue weighted by Crippen LogP contribution is 2.13. The average Bonchev–Trinajstić information content (AvgIpc) is 2.15. The van der Waals surface area contributed by atoms with Gasteiger partial charge in [-0.15, -0.1) is 0 Å². The van der Waals surface area contributed by atoms with Crippen LogP contribution in [0.1, 0.15) is 6.92 Å². The van der Waals surface area contributed by atoms with Crippen molar-refractivity contribution in [2.45, 2.75) is 17.9 Å². The third-order valence-corrected chi connectivity index (χ3v) is 3.37. The van der Waals surface area contributed by atoms with Gasteiger partial charge in [-0.3, -0.25) is 4.79 Å². The van der Waals surface area contributed by atoms with Crippen molar-refractivity contribution in [3.05, 3.63) is 29.8 Å². The quantitative estimate of drug-likeness (QED) is 0.840. The predicted molar refractivity (Wildman–Crippen MR) is 53.8 cm³/mol. The van der Waals surface area contributed by atoms with Crippen LogP contribution in [-0.2, 0) is 14.8 Å². The monoisotopic (exact) mass is 265 g/mol. The number of hydrogen-bond donors (Lipinski definition) is 2. The van der Waals surface area contributed by atoms with Crippen molar-refractivity contribution < 1.29 is 27.1 Å². The van der Waals surface area contributed by atoms with E-state index in [1.807, 2.05) is 0 Å². The van der Waals surface area contributed by atoms with Crippen LogP contribution in [0.15, 0.2) is 23.1 Å². The van der Waals surface area contributed by atoms with Gasteiger partial charge in [0.2, 0.25) is 10.0 Å².